The SMILES string of the molecule is CCCCCCCC[C@@H](NC(=O)COC(C)=O)C(=O)O. The molecule has 6 heteroatoms. The number of hydrogen-bond donors (Lipinski definition) is 2. The van der Waals surface area contributed by atoms with Gasteiger partial charge in [0.25, 0.3) is 5.91 Å². The fourth-order valence-corrected chi connectivity index (χ4v) is 1.79. The van der Waals surface area contributed by atoms with Crippen LogP contribution in [0.1, 0.15) is 58.8 Å². The van der Waals surface area contributed by atoms with Crippen molar-refractivity contribution in [3.05, 3.63) is 0 Å². The van der Waals surface area contributed by atoms with Gasteiger partial charge in [-0.2, -0.15) is 0 Å². The largest absolute Gasteiger partial charge is 0.480 e. The first kappa shape index (κ1) is 18.4. The van der Waals surface area contributed by atoms with Crippen LogP contribution in [0.25, 0.3) is 0 Å². The minimum Gasteiger partial charge on any atom is -0.480 e. The number of ether oxygens (including phenoxy) is 1. The maximum Gasteiger partial charge on any atom is 0.326 e. The van der Waals surface area contributed by atoms with Gasteiger partial charge < -0.3 is 15.2 Å². The Hall–Kier alpha value is -1.59. The monoisotopic (exact) mass is 287 g/mol. The highest BCUT2D eigenvalue weighted by Crippen LogP contribution is 2.09. The minimum atomic E-state index is -1.06. The zero-order valence-electron chi connectivity index (χ0n) is 12.3. The molecule has 20 heavy (non-hydrogen) atoms. The van der Waals surface area contributed by atoms with E-state index in [-0.39, 0.29) is 0 Å². The van der Waals surface area contributed by atoms with E-state index in [9.17, 15) is 14.4 Å². The normalized spacial score (nSPS) is 11.7. The van der Waals surface area contributed by atoms with Crippen molar-refractivity contribution in [2.45, 2.75) is 64.8 Å². The lowest BCUT2D eigenvalue weighted by molar-refractivity contribution is -0.148. The molecule has 0 saturated heterocycles. The van der Waals surface area contributed by atoms with Gasteiger partial charge in [0.1, 0.15) is 6.04 Å². The molecule has 0 aliphatic carbocycles. The van der Waals surface area contributed by atoms with E-state index in [1.165, 1.54) is 19.8 Å². The fourth-order valence-electron chi connectivity index (χ4n) is 1.79. The van der Waals surface area contributed by atoms with E-state index in [0.29, 0.717) is 6.42 Å². The van der Waals surface area contributed by atoms with Crippen molar-refractivity contribution in [1.29, 1.82) is 0 Å². The molecule has 0 unspecified atom stereocenters. The topological polar surface area (TPSA) is 92.7 Å². The van der Waals surface area contributed by atoms with Gasteiger partial charge in [0.05, 0.1) is 0 Å². The first-order valence-electron chi connectivity index (χ1n) is 7.13. The van der Waals surface area contributed by atoms with Crippen LogP contribution in [0.5, 0.6) is 0 Å². The van der Waals surface area contributed by atoms with Crippen molar-refractivity contribution in [1.82, 2.24) is 5.32 Å². The van der Waals surface area contributed by atoms with Crippen LogP contribution >= 0.6 is 0 Å². The molecule has 0 heterocycles. The summed E-state index contributed by atoms with van der Waals surface area (Å²) in [5, 5.41) is 11.4. The second kappa shape index (κ2) is 11.3. The Kier molecular flexibility index (Phi) is 10.4. The predicted molar refractivity (Wildman–Crippen MR) is 74.2 cm³/mol. The molecule has 0 aromatic carbocycles. The van der Waals surface area contributed by atoms with Gasteiger partial charge in [-0.1, -0.05) is 45.4 Å². The van der Waals surface area contributed by atoms with Gasteiger partial charge in [-0.15, -0.1) is 0 Å². The number of carboxylic acids is 1. The second-order valence-corrected chi connectivity index (χ2v) is 4.80. The van der Waals surface area contributed by atoms with Crippen LogP contribution in [0.15, 0.2) is 0 Å². The van der Waals surface area contributed by atoms with Crippen LogP contribution in [0, 0.1) is 0 Å². The van der Waals surface area contributed by atoms with Gasteiger partial charge in [-0.3, -0.25) is 9.59 Å². The van der Waals surface area contributed by atoms with E-state index in [4.69, 9.17) is 5.11 Å². The van der Waals surface area contributed by atoms with Crippen molar-refractivity contribution in [2.75, 3.05) is 6.61 Å². The molecule has 116 valence electrons. The zero-order chi connectivity index (χ0) is 15.4. The van der Waals surface area contributed by atoms with Crippen molar-refractivity contribution in [2.24, 2.45) is 0 Å². The fraction of sp³-hybridized carbons (Fsp3) is 0.786. The highest BCUT2D eigenvalue weighted by Gasteiger charge is 2.19. The van der Waals surface area contributed by atoms with Crippen molar-refractivity contribution in [3.8, 4) is 0 Å². The lowest BCUT2D eigenvalue weighted by atomic mass is 10.1. The lowest BCUT2D eigenvalue weighted by Gasteiger charge is -2.14. The molecule has 0 bridgehead atoms. The number of amides is 1. The lowest BCUT2D eigenvalue weighted by Crippen LogP contribution is -2.42. The highest BCUT2D eigenvalue weighted by atomic mass is 16.5. The first-order valence-corrected chi connectivity index (χ1v) is 7.13. The summed E-state index contributed by atoms with van der Waals surface area (Å²) < 4.78 is 4.51. The Bertz CT molecular complexity index is 317. The van der Waals surface area contributed by atoms with Gasteiger partial charge in [0, 0.05) is 6.92 Å². The van der Waals surface area contributed by atoms with Crippen LogP contribution in [0.2, 0.25) is 0 Å². The molecule has 0 aliphatic rings. The molecular formula is C14H25NO5. The average molecular weight is 287 g/mol. The molecule has 0 aliphatic heterocycles. The molecule has 0 spiro atoms. The average Bonchev–Trinajstić information content (AvgIpc) is 2.38. The Morgan fingerprint density at radius 1 is 1.10 bits per heavy atom. The number of carbonyl (C=O) groups is 3. The molecule has 0 saturated carbocycles. The smallest absolute Gasteiger partial charge is 0.326 e. The maximum atomic E-state index is 11.4. The quantitative estimate of drug-likeness (QED) is 0.447. The second-order valence-electron chi connectivity index (χ2n) is 4.80. The summed E-state index contributed by atoms with van der Waals surface area (Å²) >= 11 is 0. The number of carboxylic acid groups (broad SMARTS) is 1. The molecule has 0 rings (SSSR count). The number of nitrogens with one attached hydrogen (secondary N) is 1. The van der Waals surface area contributed by atoms with E-state index in [1.54, 1.807) is 0 Å². The van der Waals surface area contributed by atoms with E-state index in [1.807, 2.05) is 0 Å². The number of aliphatic carboxylic acids is 1. The van der Waals surface area contributed by atoms with Gasteiger partial charge in [0.15, 0.2) is 6.61 Å². The first-order chi connectivity index (χ1) is 9.47. The third kappa shape index (κ3) is 10.3. The van der Waals surface area contributed by atoms with Gasteiger partial charge in [0.2, 0.25) is 0 Å². The summed E-state index contributed by atoms with van der Waals surface area (Å²) in [5.74, 6) is -2.21. The van der Waals surface area contributed by atoms with E-state index < -0.39 is 30.5 Å². The van der Waals surface area contributed by atoms with Crippen LogP contribution < -0.4 is 5.32 Å². The third-order valence-corrected chi connectivity index (χ3v) is 2.89. The van der Waals surface area contributed by atoms with Gasteiger partial charge in [-0.05, 0) is 6.42 Å². The molecule has 0 aromatic rings. The minimum absolute atomic E-state index is 0.396. The predicted octanol–water partition coefficient (Wildman–Crippen LogP) is 1.87. The molecule has 0 fully saturated rings. The number of esters is 1. The summed E-state index contributed by atoms with van der Waals surface area (Å²) in [6.45, 7) is 2.90. The molecule has 0 radical (unpaired) electrons. The van der Waals surface area contributed by atoms with E-state index >= 15 is 0 Å². The van der Waals surface area contributed by atoms with Crippen molar-refractivity contribution >= 4 is 17.8 Å². The van der Waals surface area contributed by atoms with Crippen LogP contribution in [-0.4, -0.2) is 35.6 Å². The molecule has 2 N–H and O–H groups in total. The number of hydrogen-bond acceptors (Lipinski definition) is 4. The number of unbranched alkanes of at least 4 members (excludes halogenated alkanes) is 5. The summed E-state index contributed by atoms with van der Waals surface area (Å²) in [6.07, 6.45) is 6.73. The van der Waals surface area contributed by atoms with Gasteiger partial charge in [-0.25, -0.2) is 4.79 Å². The molecular weight excluding hydrogens is 262 g/mol. The Morgan fingerprint density at radius 2 is 1.70 bits per heavy atom. The summed E-state index contributed by atoms with van der Waals surface area (Å²) in [5.41, 5.74) is 0. The van der Waals surface area contributed by atoms with E-state index in [0.717, 1.165) is 25.7 Å². The highest BCUT2D eigenvalue weighted by molar-refractivity contribution is 5.85. The molecule has 1 amide bonds. The molecule has 1 atom stereocenters. The maximum absolute atomic E-state index is 11.4. The Balaban J connectivity index is 3.89. The van der Waals surface area contributed by atoms with Gasteiger partial charge >= 0.3 is 11.9 Å². The zero-order valence-corrected chi connectivity index (χ0v) is 12.3. The summed E-state index contributed by atoms with van der Waals surface area (Å²) in [7, 11) is 0. The Morgan fingerprint density at radius 3 is 2.25 bits per heavy atom. The summed E-state index contributed by atoms with van der Waals surface area (Å²) in [6, 6.07) is -0.913. The third-order valence-electron chi connectivity index (χ3n) is 2.89. The standard InChI is InChI=1S/C14H25NO5/c1-3-4-5-6-7-8-9-12(14(18)19)15-13(17)10-20-11(2)16/h12H,3-10H2,1-2H3,(H,15,17)(H,18,19)/t12-/m1/s1. The number of rotatable bonds is 11. The van der Waals surface area contributed by atoms with Crippen LogP contribution in [0.4, 0.5) is 0 Å². The van der Waals surface area contributed by atoms with Crippen molar-refractivity contribution in [3.63, 3.8) is 0 Å². The molecule has 6 nitrogen and oxygen atoms in total. The summed E-state index contributed by atoms with van der Waals surface area (Å²) in [4.78, 5) is 32.9. The molecule has 0 aromatic heterocycles. The Labute approximate surface area is 119 Å². The van der Waals surface area contributed by atoms with E-state index in [2.05, 4.69) is 17.0 Å². The van der Waals surface area contributed by atoms with Crippen LogP contribution in [-0.2, 0) is 19.1 Å². The number of carbonyl (C=O) groups excluding carboxylic acids is 2. The van der Waals surface area contributed by atoms with Crippen LogP contribution in [0.3, 0.4) is 0 Å². The van der Waals surface area contributed by atoms with Crippen molar-refractivity contribution < 1.29 is 24.2 Å².